The summed E-state index contributed by atoms with van der Waals surface area (Å²) >= 11 is 0. The fraction of sp³-hybridized carbons (Fsp3) is 0.900. The molecule has 0 aromatic carbocycles. The maximum absolute atomic E-state index is 11.6. The molecule has 0 radical (unpaired) electrons. The normalized spacial score (nSPS) is 19.9. The molecule has 12 heavy (non-hydrogen) atoms. The van der Waals surface area contributed by atoms with E-state index in [0.717, 1.165) is 0 Å². The van der Waals surface area contributed by atoms with E-state index in [1.165, 1.54) is 24.3 Å². The molecule has 0 N–H and O–H groups in total. The molecule has 0 aromatic rings. The number of hydrogen-bond donors (Lipinski definition) is 0. The zero-order chi connectivity index (χ0) is 9.19. The number of hydrogen-bond acceptors (Lipinski definition) is 1. The van der Waals surface area contributed by atoms with Gasteiger partial charge >= 0.3 is 0 Å². The summed E-state index contributed by atoms with van der Waals surface area (Å²) in [6.45, 7) is 6.24. The summed E-state index contributed by atoms with van der Waals surface area (Å²) in [6, 6.07) is 0. The van der Waals surface area contributed by atoms with Crippen molar-refractivity contribution in [2.75, 3.05) is 11.5 Å². The number of rotatable bonds is 3. The molecule has 1 nitrogen and oxygen atoms in total. The minimum atomic E-state index is -0.0226. The third-order valence-corrected chi connectivity index (χ3v) is 5.98. The van der Waals surface area contributed by atoms with Gasteiger partial charge in [-0.25, -0.2) is 0 Å². The molecule has 0 bridgehead atoms. The van der Waals surface area contributed by atoms with E-state index in [-0.39, 0.29) is 4.75 Å². The lowest BCUT2D eigenvalue weighted by Crippen LogP contribution is -2.41. The Morgan fingerprint density at radius 3 is 2.25 bits per heavy atom. The number of ketones is 1. The van der Waals surface area contributed by atoms with Crippen LogP contribution in [0.25, 0.3) is 0 Å². The molecule has 1 aliphatic heterocycles. The van der Waals surface area contributed by atoms with Gasteiger partial charge in [0, 0.05) is 17.3 Å². The lowest BCUT2D eigenvalue weighted by atomic mass is 10.1. The van der Waals surface area contributed by atoms with Gasteiger partial charge in [-0.3, -0.25) is 4.79 Å². The summed E-state index contributed by atoms with van der Waals surface area (Å²) < 4.78 is -0.0226. The van der Waals surface area contributed by atoms with Crippen LogP contribution in [0, 0.1) is 0 Å². The smallest absolute Gasteiger partial charge is 0.186 e. The van der Waals surface area contributed by atoms with Gasteiger partial charge in [0.05, 0.1) is 0 Å². The van der Waals surface area contributed by atoms with E-state index >= 15 is 0 Å². The van der Waals surface area contributed by atoms with Gasteiger partial charge in [0.15, 0.2) is 10.5 Å². The van der Waals surface area contributed by atoms with Crippen LogP contribution in [-0.2, 0) is 15.7 Å². The standard InChI is InChI=1S/C10H19OS/c1-4-9(11)10(2,3)12-7-5-6-8-12/h4-8H2,1-3H3/q+1. The summed E-state index contributed by atoms with van der Waals surface area (Å²) in [5.41, 5.74) is 0. The largest absolute Gasteiger partial charge is 0.294 e. The predicted octanol–water partition coefficient (Wildman–Crippen LogP) is 2.16. The second kappa shape index (κ2) is 3.82. The quantitative estimate of drug-likeness (QED) is 0.619. The van der Waals surface area contributed by atoms with Gasteiger partial charge < -0.3 is 0 Å². The molecule has 2 heteroatoms. The highest BCUT2D eigenvalue weighted by Crippen LogP contribution is 2.28. The summed E-state index contributed by atoms with van der Waals surface area (Å²) in [6.07, 6.45) is 3.38. The Labute approximate surface area is 78.3 Å². The van der Waals surface area contributed by atoms with Gasteiger partial charge in [-0.2, -0.15) is 0 Å². The van der Waals surface area contributed by atoms with Crippen LogP contribution >= 0.6 is 0 Å². The van der Waals surface area contributed by atoms with Gasteiger partial charge in [-0.15, -0.1) is 0 Å². The van der Waals surface area contributed by atoms with Crippen LogP contribution in [0.1, 0.15) is 40.0 Å². The lowest BCUT2D eigenvalue weighted by Gasteiger charge is -2.20. The van der Waals surface area contributed by atoms with Crippen molar-refractivity contribution in [3.05, 3.63) is 0 Å². The Morgan fingerprint density at radius 1 is 1.33 bits per heavy atom. The zero-order valence-electron chi connectivity index (χ0n) is 8.35. The van der Waals surface area contributed by atoms with Crippen LogP contribution < -0.4 is 0 Å². The molecule has 0 spiro atoms. The van der Waals surface area contributed by atoms with E-state index in [2.05, 4.69) is 13.8 Å². The zero-order valence-corrected chi connectivity index (χ0v) is 9.17. The molecule has 0 aromatic heterocycles. The second-order valence-electron chi connectivity index (χ2n) is 3.90. The van der Waals surface area contributed by atoms with Crippen molar-refractivity contribution in [3.8, 4) is 0 Å². The van der Waals surface area contributed by atoms with Crippen LogP contribution in [0.2, 0.25) is 0 Å². The fourth-order valence-electron chi connectivity index (χ4n) is 1.75. The van der Waals surface area contributed by atoms with Crippen LogP contribution in [0.4, 0.5) is 0 Å². The highest BCUT2D eigenvalue weighted by Gasteiger charge is 2.45. The van der Waals surface area contributed by atoms with Crippen molar-refractivity contribution in [2.24, 2.45) is 0 Å². The first-order valence-corrected chi connectivity index (χ1v) is 6.36. The molecule has 0 atom stereocenters. The molecule has 0 aliphatic carbocycles. The highest BCUT2D eigenvalue weighted by atomic mass is 32.2. The van der Waals surface area contributed by atoms with Crippen molar-refractivity contribution < 1.29 is 4.79 Å². The second-order valence-corrected chi connectivity index (χ2v) is 6.72. The van der Waals surface area contributed by atoms with E-state index in [1.807, 2.05) is 6.92 Å². The van der Waals surface area contributed by atoms with Crippen LogP contribution in [0.15, 0.2) is 0 Å². The molecule has 1 rings (SSSR count). The Balaban J connectivity index is 2.62. The average Bonchev–Trinajstić information content (AvgIpc) is 2.55. The third kappa shape index (κ3) is 1.85. The maximum atomic E-state index is 11.6. The van der Waals surface area contributed by atoms with Crippen molar-refractivity contribution in [3.63, 3.8) is 0 Å². The van der Waals surface area contributed by atoms with Crippen molar-refractivity contribution in [1.29, 1.82) is 0 Å². The van der Waals surface area contributed by atoms with E-state index < -0.39 is 0 Å². The van der Waals surface area contributed by atoms with Crippen LogP contribution in [0.3, 0.4) is 0 Å². The van der Waals surface area contributed by atoms with E-state index in [4.69, 9.17) is 0 Å². The average molecular weight is 187 g/mol. The SMILES string of the molecule is CCC(=O)C(C)(C)[S+]1CCCC1. The molecular weight excluding hydrogens is 168 g/mol. The molecule has 1 saturated heterocycles. The van der Waals surface area contributed by atoms with Crippen molar-refractivity contribution >= 4 is 16.7 Å². The Bertz CT molecular complexity index is 169. The first-order chi connectivity index (χ1) is 5.59. The fourth-order valence-corrected chi connectivity index (χ4v) is 4.55. The minimum Gasteiger partial charge on any atom is -0.294 e. The summed E-state index contributed by atoms with van der Waals surface area (Å²) in [4.78, 5) is 11.6. The number of Topliss-reactive ketones (excluding diaryl/α,β-unsaturated/α-hetero) is 1. The topological polar surface area (TPSA) is 17.1 Å². The summed E-state index contributed by atoms with van der Waals surface area (Å²) in [5.74, 6) is 3.03. The Morgan fingerprint density at radius 2 is 1.83 bits per heavy atom. The van der Waals surface area contributed by atoms with Crippen LogP contribution in [0.5, 0.6) is 0 Å². The first kappa shape index (κ1) is 10.1. The van der Waals surface area contributed by atoms with Gasteiger partial charge in [0.1, 0.15) is 11.5 Å². The van der Waals surface area contributed by atoms with E-state index in [9.17, 15) is 4.79 Å². The predicted molar refractivity (Wildman–Crippen MR) is 55.7 cm³/mol. The first-order valence-electron chi connectivity index (χ1n) is 4.80. The molecule has 1 fully saturated rings. The highest BCUT2D eigenvalue weighted by molar-refractivity contribution is 7.99. The Hall–Kier alpha value is 0.0200. The maximum Gasteiger partial charge on any atom is 0.186 e. The number of carbonyl (C=O) groups is 1. The molecule has 0 saturated carbocycles. The molecular formula is C10H19OS+. The summed E-state index contributed by atoms with van der Waals surface area (Å²) in [5, 5.41) is 0. The molecule has 0 amide bonds. The Kier molecular flexibility index (Phi) is 3.22. The van der Waals surface area contributed by atoms with E-state index in [1.54, 1.807) is 0 Å². The summed E-state index contributed by atoms with van der Waals surface area (Å²) in [7, 11) is 0.383. The molecule has 70 valence electrons. The molecule has 1 heterocycles. The van der Waals surface area contributed by atoms with E-state index in [0.29, 0.717) is 23.1 Å². The van der Waals surface area contributed by atoms with Crippen molar-refractivity contribution in [1.82, 2.24) is 0 Å². The number of carbonyl (C=O) groups excluding carboxylic acids is 1. The lowest BCUT2D eigenvalue weighted by molar-refractivity contribution is -0.120. The minimum absolute atomic E-state index is 0.0226. The van der Waals surface area contributed by atoms with Crippen molar-refractivity contribution in [2.45, 2.75) is 44.8 Å². The van der Waals surface area contributed by atoms with Gasteiger partial charge in [0.2, 0.25) is 0 Å². The monoisotopic (exact) mass is 187 g/mol. The van der Waals surface area contributed by atoms with Gasteiger partial charge in [-0.05, 0) is 26.7 Å². The van der Waals surface area contributed by atoms with Crippen LogP contribution in [-0.4, -0.2) is 22.0 Å². The van der Waals surface area contributed by atoms with Gasteiger partial charge in [0.25, 0.3) is 0 Å². The molecule has 1 aliphatic rings. The third-order valence-electron chi connectivity index (χ3n) is 2.75. The van der Waals surface area contributed by atoms with Gasteiger partial charge in [-0.1, -0.05) is 6.92 Å². The molecule has 0 unspecified atom stereocenters.